The number of carbonyl (C=O) groups excluding carboxylic acids is 1. The number of morpholine rings is 1. The molecule has 4 rings (SSSR count). The second-order valence-corrected chi connectivity index (χ2v) is 8.83. The average molecular weight is 437 g/mol. The number of nitrogens with zero attached hydrogens (tertiary/aromatic N) is 4. The smallest absolute Gasteiger partial charge is 0.232 e. The SMILES string of the molecule is CC(=O)c1c(C)cc(C)c(CSc2nnc(N3CCOCC3)n2-c2ccccc2)c1C. The van der Waals surface area contributed by atoms with Gasteiger partial charge in [-0.15, -0.1) is 10.2 Å². The van der Waals surface area contributed by atoms with Crippen LogP contribution in [-0.4, -0.2) is 46.9 Å². The van der Waals surface area contributed by atoms with E-state index in [1.54, 1.807) is 18.7 Å². The maximum atomic E-state index is 12.2. The average Bonchev–Trinajstić information content (AvgIpc) is 3.18. The summed E-state index contributed by atoms with van der Waals surface area (Å²) in [5, 5.41) is 9.93. The van der Waals surface area contributed by atoms with Crippen LogP contribution < -0.4 is 4.90 Å². The van der Waals surface area contributed by atoms with Crippen molar-refractivity contribution in [2.75, 3.05) is 31.2 Å². The standard InChI is InChI=1S/C24H28N4O2S/c1-16-14-17(2)22(19(4)29)18(3)21(16)15-31-24-26-25-23(27-10-12-30-13-11-27)28(24)20-8-6-5-7-9-20/h5-9,14H,10-13,15H2,1-4H3. The number of hydrogen-bond donors (Lipinski definition) is 0. The minimum Gasteiger partial charge on any atom is -0.378 e. The van der Waals surface area contributed by atoms with Crippen molar-refractivity contribution in [2.45, 2.75) is 38.6 Å². The fourth-order valence-electron chi connectivity index (χ4n) is 4.25. The van der Waals surface area contributed by atoms with E-state index in [0.29, 0.717) is 13.2 Å². The Morgan fingerprint density at radius 2 is 1.77 bits per heavy atom. The predicted octanol–water partition coefficient (Wildman–Crippen LogP) is 4.52. The second-order valence-electron chi connectivity index (χ2n) is 7.89. The van der Waals surface area contributed by atoms with Crippen LogP contribution in [0.1, 0.15) is 39.5 Å². The van der Waals surface area contributed by atoms with Crippen LogP contribution in [0.5, 0.6) is 0 Å². The molecule has 1 aliphatic rings. The summed E-state index contributed by atoms with van der Waals surface area (Å²) in [7, 11) is 0. The van der Waals surface area contributed by atoms with E-state index in [-0.39, 0.29) is 5.78 Å². The van der Waals surface area contributed by atoms with Crippen molar-refractivity contribution < 1.29 is 9.53 Å². The third kappa shape index (κ3) is 4.38. The number of aromatic nitrogens is 3. The summed E-state index contributed by atoms with van der Waals surface area (Å²) in [6.45, 7) is 10.8. The van der Waals surface area contributed by atoms with E-state index in [4.69, 9.17) is 4.74 Å². The lowest BCUT2D eigenvalue weighted by atomic mass is 9.92. The molecule has 0 unspecified atom stereocenters. The number of carbonyl (C=O) groups is 1. The highest BCUT2D eigenvalue weighted by Gasteiger charge is 2.22. The van der Waals surface area contributed by atoms with Gasteiger partial charge < -0.3 is 9.64 Å². The van der Waals surface area contributed by atoms with Crippen LogP contribution in [0, 0.1) is 20.8 Å². The van der Waals surface area contributed by atoms with Gasteiger partial charge in [0.1, 0.15) is 0 Å². The highest BCUT2D eigenvalue weighted by molar-refractivity contribution is 7.98. The van der Waals surface area contributed by atoms with Gasteiger partial charge in [0.15, 0.2) is 10.9 Å². The van der Waals surface area contributed by atoms with Gasteiger partial charge in [-0.25, -0.2) is 0 Å². The summed E-state index contributed by atoms with van der Waals surface area (Å²) >= 11 is 1.65. The van der Waals surface area contributed by atoms with E-state index in [2.05, 4.69) is 44.8 Å². The molecule has 0 aliphatic carbocycles. The van der Waals surface area contributed by atoms with Crippen LogP contribution in [0.3, 0.4) is 0 Å². The van der Waals surface area contributed by atoms with E-state index in [1.165, 1.54) is 11.1 Å². The van der Waals surface area contributed by atoms with Gasteiger partial charge in [0.25, 0.3) is 0 Å². The van der Waals surface area contributed by atoms with Gasteiger partial charge >= 0.3 is 0 Å². The van der Waals surface area contributed by atoms with Crippen molar-refractivity contribution >= 4 is 23.5 Å². The molecule has 0 bridgehead atoms. The highest BCUT2D eigenvalue weighted by Crippen LogP contribution is 2.32. The van der Waals surface area contributed by atoms with Crippen LogP contribution in [0.4, 0.5) is 5.95 Å². The Bertz CT molecular complexity index is 1090. The van der Waals surface area contributed by atoms with Crippen molar-refractivity contribution in [2.24, 2.45) is 0 Å². The van der Waals surface area contributed by atoms with Gasteiger partial charge in [0.2, 0.25) is 5.95 Å². The van der Waals surface area contributed by atoms with Crippen LogP contribution in [0.15, 0.2) is 41.6 Å². The topological polar surface area (TPSA) is 60.3 Å². The third-order valence-corrected chi connectivity index (χ3v) is 6.71. The number of Topliss-reactive ketones (excluding diaryl/α,β-unsaturated/α-hetero) is 1. The quantitative estimate of drug-likeness (QED) is 0.418. The van der Waals surface area contributed by atoms with Gasteiger partial charge in [-0.3, -0.25) is 9.36 Å². The van der Waals surface area contributed by atoms with E-state index in [9.17, 15) is 4.79 Å². The van der Waals surface area contributed by atoms with Crippen molar-refractivity contribution in [1.29, 1.82) is 0 Å². The summed E-state index contributed by atoms with van der Waals surface area (Å²) in [6.07, 6.45) is 0. The predicted molar refractivity (Wildman–Crippen MR) is 125 cm³/mol. The zero-order chi connectivity index (χ0) is 22.0. The molecule has 7 heteroatoms. The molecule has 1 aliphatic heterocycles. The van der Waals surface area contributed by atoms with Crippen LogP contribution >= 0.6 is 11.8 Å². The first-order valence-corrected chi connectivity index (χ1v) is 11.5. The Morgan fingerprint density at radius 1 is 1.06 bits per heavy atom. The van der Waals surface area contributed by atoms with E-state index in [1.807, 2.05) is 32.0 Å². The van der Waals surface area contributed by atoms with Gasteiger partial charge in [-0.05, 0) is 62.1 Å². The molecule has 0 N–H and O–H groups in total. The van der Waals surface area contributed by atoms with Crippen LogP contribution in [-0.2, 0) is 10.5 Å². The normalized spacial score (nSPS) is 14.1. The summed E-state index contributed by atoms with van der Waals surface area (Å²) in [5.74, 6) is 1.69. The molecule has 0 spiro atoms. The number of anilines is 1. The first-order chi connectivity index (χ1) is 15.0. The molecule has 2 heterocycles. The fourth-order valence-corrected chi connectivity index (χ4v) is 5.39. The van der Waals surface area contributed by atoms with E-state index >= 15 is 0 Å². The number of aryl methyl sites for hydroxylation is 2. The highest BCUT2D eigenvalue weighted by atomic mass is 32.2. The third-order valence-electron chi connectivity index (χ3n) is 5.75. The van der Waals surface area contributed by atoms with Crippen molar-refractivity contribution in [1.82, 2.24) is 14.8 Å². The minimum atomic E-state index is 0.114. The Morgan fingerprint density at radius 3 is 2.45 bits per heavy atom. The molecule has 0 saturated carbocycles. The monoisotopic (exact) mass is 436 g/mol. The Labute approximate surface area is 187 Å². The van der Waals surface area contributed by atoms with Gasteiger partial charge in [0.05, 0.1) is 18.9 Å². The number of para-hydroxylation sites is 1. The van der Waals surface area contributed by atoms with Gasteiger partial charge in [-0.1, -0.05) is 36.0 Å². The molecular weight excluding hydrogens is 408 g/mol. The lowest BCUT2D eigenvalue weighted by Crippen LogP contribution is -2.37. The summed E-state index contributed by atoms with van der Waals surface area (Å²) in [5.41, 5.74) is 6.37. The van der Waals surface area contributed by atoms with Crippen LogP contribution in [0.2, 0.25) is 0 Å². The Hall–Kier alpha value is -2.64. The molecular formula is C24H28N4O2S. The molecule has 6 nitrogen and oxygen atoms in total. The maximum absolute atomic E-state index is 12.2. The zero-order valence-corrected chi connectivity index (χ0v) is 19.3. The number of benzene rings is 2. The second kappa shape index (κ2) is 9.24. The molecule has 31 heavy (non-hydrogen) atoms. The Balaban J connectivity index is 1.69. The summed E-state index contributed by atoms with van der Waals surface area (Å²) in [6, 6.07) is 12.3. The largest absolute Gasteiger partial charge is 0.378 e. The lowest BCUT2D eigenvalue weighted by molar-refractivity contribution is 0.101. The van der Waals surface area contributed by atoms with Crippen LogP contribution in [0.25, 0.3) is 5.69 Å². The van der Waals surface area contributed by atoms with Gasteiger partial charge in [0, 0.05) is 24.4 Å². The van der Waals surface area contributed by atoms with Crippen molar-refractivity contribution in [3.8, 4) is 5.69 Å². The molecule has 0 amide bonds. The van der Waals surface area contributed by atoms with E-state index < -0.39 is 0 Å². The van der Waals surface area contributed by atoms with Crippen molar-refractivity contribution in [3.05, 3.63) is 64.2 Å². The number of ether oxygens (including phenoxy) is 1. The number of thioether (sulfide) groups is 1. The first-order valence-electron chi connectivity index (χ1n) is 10.5. The molecule has 3 aromatic rings. The molecule has 1 aromatic heterocycles. The molecule has 0 radical (unpaired) electrons. The van der Waals surface area contributed by atoms with E-state index in [0.717, 1.165) is 52.3 Å². The molecule has 1 fully saturated rings. The molecule has 162 valence electrons. The fraction of sp³-hybridized carbons (Fsp3) is 0.375. The molecule has 0 atom stereocenters. The number of ketones is 1. The minimum absolute atomic E-state index is 0.114. The summed E-state index contributed by atoms with van der Waals surface area (Å²) in [4.78, 5) is 14.4. The maximum Gasteiger partial charge on any atom is 0.232 e. The molecule has 1 saturated heterocycles. The first kappa shape index (κ1) is 21.6. The molecule has 2 aromatic carbocycles. The van der Waals surface area contributed by atoms with Crippen molar-refractivity contribution in [3.63, 3.8) is 0 Å². The summed E-state index contributed by atoms with van der Waals surface area (Å²) < 4.78 is 7.64. The Kier molecular flexibility index (Phi) is 6.43. The lowest BCUT2D eigenvalue weighted by Gasteiger charge is -2.28. The van der Waals surface area contributed by atoms with Gasteiger partial charge in [-0.2, -0.15) is 0 Å². The number of hydrogen-bond acceptors (Lipinski definition) is 6. The zero-order valence-electron chi connectivity index (χ0n) is 18.5. The number of rotatable bonds is 6.